The van der Waals surface area contributed by atoms with E-state index in [0.717, 1.165) is 44.9 Å². The highest BCUT2D eigenvalue weighted by atomic mass is 16.6. The number of ether oxygens (including phenoxy) is 1. The molecule has 0 aromatic heterocycles. The molecule has 6 rings (SSSR count). The van der Waals surface area contributed by atoms with Gasteiger partial charge in [-0.25, -0.2) is 0 Å². The minimum Gasteiger partial charge on any atom is -0.353 e. The van der Waals surface area contributed by atoms with E-state index in [1.54, 1.807) is 24.3 Å². The second-order valence-electron chi connectivity index (χ2n) is 11.5. The van der Waals surface area contributed by atoms with E-state index in [-0.39, 0.29) is 33.8 Å². The standard InChI is InChI=1S/C28H32O5/c1-26-13-11-17(29)15-16(26)7-8-20-21-9-10-23(27(21,2)14-12-22(20)26)33-28(32)24(30)18-5-3-4-6-19(18)25(28)31/h3-6,15,20-23,32H,7-14H2,1-2H3/t20-,21-,22-,23?,26-,27-/m0/s1. The van der Waals surface area contributed by atoms with Crippen LogP contribution < -0.4 is 0 Å². The van der Waals surface area contributed by atoms with Crippen molar-refractivity contribution in [2.45, 2.75) is 77.1 Å². The fourth-order valence-corrected chi connectivity index (χ4v) is 8.37. The summed E-state index contributed by atoms with van der Waals surface area (Å²) in [6.07, 6.45) is 9.01. The van der Waals surface area contributed by atoms with Crippen molar-refractivity contribution in [3.05, 3.63) is 47.0 Å². The summed E-state index contributed by atoms with van der Waals surface area (Å²) in [4.78, 5) is 38.1. The number of allylic oxidation sites excluding steroid dienone is 1. The van der Waals surface area contributed by atoms with Gasteiger partial charge in [-0.15, -0.1) is 0 Å². The topological polar surface area (TPSA) is 80.7 Å². The van der Waals surface area contributed by atoms with Gasteiger partial charge in [-0.05, 0) is 79.6 Å². The van der Waals surface area contributed by atoms with Gasteiger partial charge >= 0.3 is 0 Å². The van der Waals surface area contributed by atoms with Crippen LogP contribution >= 0.6 is 0 Å². The van der Waals surface area contributed by atoms with E-state index in [2.05, 4.69) is 13.8 Å². The lowest BCUT2D eigenvalue weighted by molar-refractivity contribution is -0.196. The van der Waals surface area contributed by atoms with Crippen molar-refractivity contribution < 1.29 is 24.2 Å². The van der Waals surface area contributed by atoms with Crippen LogP contribution in [0.3, 0.4) is 0 Å². The number of carbonyl (C=O) groups excluding carboxylic acids is 3. The molecule has 0 saturated heterocycles. The van der Waals surface area contributed by atoms with Gasteiger partial charge in [-0.2, -0.15) is 0 Å². The van der Waals surface area contributed by atoms with Gasteiger partial charge in [0, 0.05) is 17.5 Å². The summed E-state index contributed by atoms with van der Waals surface area (Å²) in [6.45, 7) is 4.60. The van der Waals surface area contributed by atoms with Crippen molar-refractivity contribution in [2.24, 2.45) is 28.6 Å². The molecule has 5 aliphatic rings. The van der Waals surface area contributed by atoms with E-state index in [4.69, 9.17) is 4.74 Å². The van der Waals surface area contributed by atoms with Crippen LogP contribution in [0.25, 0.3) is 0 Å². The molecule has 3 fully saturated rings. The molecule has 5 nitrogen and oxygen atoms in total. The summed E-state index contributed by atoms with van der Waals surface area (Å²) in [7, 11) is 0. The van der Waals surface area contributed by atoms with Crippen LogP contribution in [0.1, 0.15) is 85.9 Å². The highest BCUT2D eigenvalue weighted by Crippen LogP contribution is 2.66. The Hall–Kier alpha value is -2.11. The number of Topliss-reactive ketones (excluding diaryl/α,β-unsaturated/α-hetero) is 2. The fourth-order valence-electron chi connectivity index (χ4n) is 8.37. The van der Waals surface area contributed by atoms with Crippen LogP contribution in [-0.4, -0.2) is 34.3 Å². The molecule has 1 N–H and O–H groups in total. The molecule has 1 unspecified atom stereocenters. The number of aliphatic hydroxyl groups is 1. The maximum atomic E-state index is 13.0. The monoisotopic (exact) mass is 448 g/mol. The predicted molar refractivity (Wildman–Crippen MR) is 122 cm³/mol. The number of rotatable bonds is 2. The Bertz CT molecular complexity index is 1070. The third kappa shape index (κ3) is 2.75. The molecule has 5 heteroatoms. The fraction of sp³-hybridized carbons (Fsp3) is 0.607. The highest BCUT2D eigenvalue weighted by molar-refractivity contribution is 6.30. The van der Waals surface area contributed by atoms with E-state index in [9.17, 15) is 19.5 Å². The molecule has 0 bridgehead atoms. The number of fused-ring (bicyclic) bond motifs is 6. The van der Waals surface area contributed by atoms with Crippen molar-refractivity contribution >= 4 is 17.3 Å². The van der Waals surface area contributed by atoms with Crippen LogP contribution in [-0.2, 0) is 9.53 Å². The lowest BCUT2D eigenvalue weighted by Gasteiger charge is -2.58. The van der Waals surface area contributed by atoms with Crippen molar-refractivity contribution in [3.63, 3.8) is 0 Å². The zero-order valence-electron chi connectivity index (χ0n) is 19.4. The summed E-state index contributed by atoms with van der Waals surface area (Å²) in [5.74, 6) is -1.84. The first-order chi connectivity index (χ1) is 15.7. The Balaban J connectivity index is 1.27. The van der Waals surface area contributed by atoms with Gasteiger partial charge in [0.15, 0.2) is 5.78 Å². The summed E-state index contributed by atoms with van der Waals surface area (Å²) < 4.78 is 6.17. The summed E-state index contributed by atoms with van der Waals surface area (Å²) in [6, 6.07) is 6.58. The number of ketones is 3. The third-order valence-corrected chi connectivity index (χ3v) is 10.2. The molecule has 1 aromatic carbocycles. The van der Waals surface area contributed by atoms with Gasteiger partial charge in [0.2, 0.25) is 11.6 Å². The Morgan fingerprint density at radius 2 is 1.58 bits per heavy atom. The van der Waals surface area contributed by atoms with E-state index in [0.29, 0.717) is 24.2 Å². The Morgan fingerprint density at radius 3 is 2.27 bits per heavy atom. The highest BCUT2D eigenvalue weighted by Gasteiger charge is 2.62. The molecule has 174 valence electrons. The minimum absolute atomic E-state index is 0.105. The van der Waals surface area contributed by atoms with Gasteiger partial charge in [0.05, 0.1) is 6.10 Å². The van der Waals surface area contributed by atoms with Crippen molar-refractivity contribution in [2.75, 3.05) is 0 Å². The summed E-state index contributed by atoms with van der Waals surface area (Å²) >= 11 is 0. The molecule has 1 aromatic rings. The quantitative estimate of drug-likeness (QED) is 0.525. The maximum absolute atomic E-state index is 13.0. The zero-order valence-corrected chi connectivity index (χ0v) is 19.4. The van der Waals surface area contributed by atoms with E-state index >= 15 is 0 Å². The average Bonchev–Trinajstić information content (AvgIpc) is 3.22. The first kappa shape index (κ1) is 21.4. The minimum atomic E-state index is -2.40. The van der Waals surface area contributed by atoms with Gasteiger partial charge in [0.1, 0.15) is 0 Å². The lowest BCUT2D eigenvalue weighted by atomic mass is 9.47. The van der Waals surface area contributed by atoms with E-state index < -0.39 is 17.4 Å². The summed E-state index contributed by atoms with van der Waals surface area (Å²) in [5.41, 5.74) is 1.78. The molecule has 0 heterocycles. The van der Waals surface area contributed by atoms with Crippen LogP contribution in [0.5, 0.6) is 0 Å². The van der Waals surface area contributed by atoms with Gasteiger partial charge < -0.3 is 9.84 Å². The van der Waals surface area contributed by atoms with Gasteiger partial charge in [0.25, 0.3) is 5.79 Å². The molecule has 0 aliphatic heterocycles. The molecular formula is C28H32O5. The molecule has 0 spiro atoms. The smallest absolute Gasteiger partial charge is 0.297 e. The molecular weight excluding hydrogens is 416 g/mol. The van der Waals surface area contributed by atoms with Crippen molar-refractivity contribution in [1.29, 1.82) is 0 Å². The normalized spacial score (nSPS) is 41.2. The van der Waals surface area contributed by atoms with Crippen LogP contribution in [0.2, 0.25) is 0 Å². The van der Waals surface area contributed by atoms with Crippen LogP contribution in [0.4, 0.5) is 0 Å². The Labute approximate surface area is 194 Å². The van der Waals surface area contributed by atoms with Crippen LogP contribution in [0, 0.1) is 28.6 Å². The lowest BCUT2D eigenvalue weighted by Crippen LogP contribution is -2.54. The average molecular weight is 449 g/mol. The maximum Gasteiger partial charge on any atom is 0.297 e. The number of carbonyl (C=O) groups is 3. The van der Waals surface area contributed by atoms with E-state index in [1.165, 1.54) is 5.57 Å². The van der Waals surface area contributed by atoms with Crippen molar-refractivity contribution in [1.82, 2.24) is 0 Å². The molecule has 0 radical (unpaired) electrons. The first-order valence-electron chi connectivity index (χ1n) is 12.5. The number of hydrogen-bond acceptors (Lipinski definition) is 5. The molecule has 6 atom stereocenters. The molecule has 0 amide bonds. The number of hydrogen-bond donors (Lipinski definition) is 1. The van der Waals surface area contributed by atoms with Gasteiger partial charge in [-0.3, -0.25) is 14.4 Å². The second-order valence-corrected chi connectivity index (χ2v) is 11.5. The second kappa shape index (κ2) is 6.96. The molecule has 33 heavy (non-hydrogen) atoms. The first-order valence-corrected chi connectivity index (χ1v) is 12.5. The number of benzene rings is 1. The van der Waals surface area contributed by atoms with Crippen molar-refractivity contribution in [3.8, 4) is 0 Å². The predicted octanol–water partition coefficient (Wildman–Crippen LogP) is 4.67. The molecule has 3 saturated carbocycles. The SMILES string of the molecule is C[C@]12CCC(=O)C=C1CC[C@@H]1[C@@H]2CC[C@]2(C)C(OC3(O)C(=O)c4ccccc4C3=O)CC[C@@H]12. The van der Waals surface area contributed by atoms with E-state index in [1.807, 2.05) is 6.08 Å². The zero-order chi connectivity index (χ0) is 23.2. The third-order valence-electron chi connectivity index (χ3n) is 10.2. The van der Waals surface area contributed by atoms with Crippen LogP contribution in [0.15, 0.2) is 35.9 Å². The largest absolute Gasteiger partial charge is 0.353 e. The Kier molecular flexibility index (Phi) is 4.52. The summed E-state index contributed by atoms with van der Waals surface area (Å²) in [5, 5.41) is 11.2. The Morgan fingerprint density at radius 1 is 0.879 bits per heavy atom. The molecule has 5 aliphatic carbocycles. The van der Waals surface area contributed by atoms with Gasteiger partial charge in [-0.1, -0.05) is 43.7 Å².